The molecule has 2 unspecified atom stereocenters. The van der Waals surface area contributed by atoms with Gasteiger partial charge >= 0.3 is 0 Å². The van der Waals surface area contributed by atoms with E-state index in [9.17, 15) is 4.79 Å². The summed E-state index contributed by atoms with van der Waals surface area (Å²) in [4.78, 5) is 14.0. The van der Waals surface area contributed by atoms with Crippen LogP contribution in [0.5, 0.6) is 0 Å². The summed E-state index contributed by atoms with van der Waals surface area (Å²) in [5.41, 5.74) is 0. The third-order valence-corrected chi connectivity index (χ3v) is 3.72. The first-order valence-corrected chi connectivity index (χ1v) is 7.12. The molecule has 1 aliphatic heterocycles. The number of piperidine rings is 1. The Morgan fingerprint density at radius 1 is 1.41 bits per heavy atom. The Labute approximate surface area is 106 Å². The maximum Gasteiger partial charge on any atom is 0.225 e. The summed E-state index contributed by atoms with van der Waals surface area (Å²) in [6.07, 6.45) is 3.45. The van der Waals surface area contributed by atoms with Crippen LogP contribution in [0.25, 0.3) is 0 Å². The molecule has 1 rings (SSSR count). The molecule has 1 saturated heterocycles. The second kappa shape index (κ2) is 7.00. The van der Waals surface area contributed by atoms with Crippen molar-refractivity contribution in [2.45, 2.75) is 53.0 Å². The number of carbonyl (C=O) groups excluding carboxylic acids is 1. The standard InChI is InChI=1S/C14H28N2O/c1-5-8-15-13-7-9-16(10-12(13)6-2)14(17)11(3)4/h11-13,15H,5-10H2,1-4H3. The highest BCUT2D eigenvalue weighted by Gasteiger charge is 2.30. The van der Waals surface area contributed by atoms with Crippen molar-refractivity contribution < 1.29 is 4.79 Å². The monoisotopic (exact) mass is 240 g/mol. The van der Waals surface area contributed by atoms with Crippen LogP contribution in [0.4, 0.5) is 0 Å². The summed E-state index contributed by atoms with van der Waals surface area (Å²) in [7, 11) is 0. The van der Waals surface area contributed by atoms with Crippen molar-refractivity contribution in [3.8, 4) is 0 Å². The first-order chi connectivity index (χ1) is 8.10. The van der Waals surface area contributed by atoms with E-state index in [2.05, 4.69) is 24.1 Å². The van der Waals surface area contributed by atoms with E-state index in [-0.39, 0.29) is 5.92 Å². The van der Waals surface area contributed by atoms with Crippen molar-refractivity contribution in [1.82, 2.24) is 10.2 Å². The number of nitrogens with zero attached hydrogens (tertiary/aromatic N) is 1. The van der Waals surface area contributed by atoms with E-state index in [0.29, 0.717) is 17.9 Å². The highest BCUT2D eigenvalue weighted by Crippen LogP contribution is 2.21. The van der Waals surface area contributed by atoms with Gasteiger partial charge in [0.1, 0.15) is 0 Å². The molecule has 0 aromatic rings. The van der Waals surface area contributed by atoms with Gasteiger partial charge in [0, 0.05) is 25.0 Å². The van der Waals surface area contributed by atoms with Gasteiger partial charge in [-0.15, -0.1) is 0 Å². The second-order valence-electron chi connectivity index (χ2n) is 5.46. The van der Waals surface area contributed by atoms with Gasteiger partial charge in [0.05, 0.1) is 0 Å². The van der Waals surface area contributed by atoms with Crippen molar-refractivity contribution >= 4 is 5.91 Å². The molecule has 17 heavy (non-hydrogen) atoms. The zero-order valence-corrected chi connectivity index (χ0v) is 11.8. The van der Waals surface area contributed by atoms with E-state index in [4.69, 9.17) is 0 Å². The Bertz CT molecular complexity index is 240. The summed E-state index contributed by atoms with van der Waals surface area (Å²) >= 11 is 0. The van der Waals surface area contributed by atoms with Gasteiger partial charge < -0.3 is 10.2 Å². The summed E-state index contributed by atoms with van der Waals surface area (Å²) in [5, 5.41) is 3.62. The number of carbonyl (C=O) groups is 1. The van der Waals surface area contributed by atoms with Gasteiger partial charge in [-0.3, -0.25) is 4.79 Å². The Morgan fingerprint density at radius 2 is 2.12 bits per heavy atom. The van der Waals surface area contributed by atoms with E-state index in [0.717, 1.165) is 32.5 Å². The molecule has 2 atom stereocenters. The van der Waals surface area contributed by atoms with Crippen molar-refractivity contribution in [2.75, 3.05) is 19.6 Å². The van der Waals surface area contributed by atoms with Crippen molar-refractivity contribution in [3.63, 3.8) is 0 Å². The van der Waals surface area contributed by atoms with Crippen molar-refractivity contribution in [1.29, 1.82) is 0 Å². The quantitative estimate of drug-likeness (QED) is 0.799. The Kier molecular flexibility index (Phi) is 5.96. The summed E-state index contributed by atoms with van der Waals surface area (Å²) < 4.78 is 0. The first-order valence-electron chi connectivity index (χ1n) is 7.12. The lowest BCUT2D eigenvalue weighted by molar-refractivity contribution is -0.136. The second-order valence-corrected chi connectivity index (χ2v) is 5.46. The van der Waals surface area contributed by atoms with Gasteiger partial charge in [0.15, 0.2) is 0 Å². The third kappa shape index (κ3) is 3.98. The van der Waals surface area contributed by atoms with Crippen LogP contribution in [0.15, 0.2) is 0 Å². The van der Waals surface area contributed by atoms with E-state index in [1.165, 1.54) is 6.42 Å². The number of hydrogen-bond donors (Lipinski definition) is 1. The van der Waals surface area contributed by atoms with Crippen LogP contribution in [0.1, 0.15) is 47.0 Å². The average molecular weight is 240 g/mol. The molecule has 0 spiro atoms. The number of nitrogens with one attached hydrogen (secondary N) is 1. The van der Waals surface area contributed by atoms with Gasteiger partial charge in [-0.2, -0.15) is 0 Å². The number of hydrogen-bond acceptors (Lipinski definition) is 2. The molecule has 0 bridgehead atoms. The highest BCUT2D eigenvalue weighted by molar-refractivity contribution is 5.78. The Balaban J connectivity index is 2.51. The molecular formula is C14H28N2O. The van der Waals surface area contributed by atoms with Crippen molar-refractivity contribution in [2.24, 2.45) is 11.8 Å². The fourth-order valence-electron chi connectivity index (χ4n) is 2.61. The number of amides is 1. The van der Waals surface area contributed by atoms with Crippen LogP contribution in [-0.4, -0.2) is 36.5 Å². The van der Waals surface area contributed by atoms with E-state index in [1.54, 1.807) is 0 Å². The van der Waals surface area contributed by atoms with Crippen LogP contribution in [0, 0.1) is 11.8 Å². The van der Waals surface area contributed by atoms with Crippen LogP contribution in [0.2, 0.25) is 0 Å². The number of rotatable bonds is 5. The molecule has 1 amide bonds. The molecule has 3 heteroatoms. The molecule has 0 aromatic heterocycles. The molecule has 1 N–H and O–H groups in total. The smallest absolute Gasteiger partial charge is 0.225 e. The maximum atomic E-state index is 12.0. The molecule has 0 aromatic carbocycles. The predicted octanol–water partition coefficient (Wildman–Crippen LogP) is 2.27. The SMILES string of the molecule is CCCNC1CCN(C(=O)C(C)C)CC1CC. The lowest BCUT2D eigenvalue weighted by atomic mass is 9.89. The molecule has 0 aliphatic carbocycles. The van der Waals surface area contributed by atoms with E-state index in [1.807, 2.05) is 13.8 Å². The topological polar surface area (TPSA) is 32.3 Å². The van der Waals surface area contributed by atoms with Gasteiger partial charge in [-0.25, -0.2) is 0 Å². The lowest BCUT2D eigenvalue weighted by Gasteiger charge is -2.39. The summed E-state index contributed by atoms with van der Waals surface area (Å²) in [6, 6.07) is 0.608. The van der Waals surface area contributed by atoms with Crippen LogP contribution in [-0.2, 0) is 4.79 Å². The first kappa shape index (κ1) is 14.5. The minimum Gasteiger partial charge on any atom is -0.342 e. The molecule has 0 saturated carbocycles. The molecule has 1 aliphatic rings. The fraction of sp³-hybridized carbons (Fsp3) is 0.929. The molecule has 0 radical (unpaired) electrons. The van der Waals surface area contributed by atoms with Gasteiger partial charge in [-0.05, 0) is 25.3 Å². The maximum absolute atomic E-state index is 12.0. The van der Waals surface area contributed by atoms with E-state index >= 15 is 0 Å². The van der Waals surface area contributed by atoms with Crippen LogP contribution >= 0.6 is 0 Å². The predicted molar refractivity (Wildman–Crippen MR) is 71.9 cm³/mol. The average Bonchev–Trinajstić information content (AvgIpc) is 2.35. The normalized spacial score (nSPS) is 25.4. The molecule has 3 nitrogen and oxygen atoms in total. The number of likely N-dealkylation sites (tertiary alicyclic amines) is 1. The molecular weight excluding hydrogens is 212 g/mol. The lowest BCUT2D eigenvalue weighted by Crippen LogP contribution is -2.51. The van der Waals surface area contributed by atoms with Gasteiger partial charge in [0.25, 0.3) is 0 Å². The van der Waals surface area contributed by atoms with Crippen molar-refractivity contribution in [3.05, 3.63) is 0 Å². The molecule has 100 valence electrons. The van der Waals surface area contributed by atoms with E-state index < -0.39 is 0 Å². The third-order valence-electron chi connectivity index (χ3n) is 3.72. The zero-order chi connectivity index (χ0) is 12.8. The Morgan fingerprint density at radius 3 is 2.65 bits per heavy atom. The summed E-state index contributed by atoms with van der Waals surface area (Å²) in [6.45, 7) is 11.4. The van der Waals surface area contributed by atoms with Gasteiger partial charge in [-0.1, -0.05) is 34.1 Å². The van der Waals surface area contributed by atoms with Crippen LogP contribution in [0.3, 0.4) is 0 Å². The minimum absolute atomic E-state index is 0.132. The zero-order valence-electron chi connectivity index (χ0n) is 11.8. The largest absolute Gasteiger partial charge is 0.342 e. The fourth-order valence-corrected chi connectivity index (χ4v) is 2.61. The highest BCUT2D eigenvalue weighted by atomic mass is 16.2. The molecule has 1 fully saturated rings. The van der Waals surface area contributed by atoms with Gasteiger partial charge in [0.2, 0.25) is 5.91 Å². The Hall–Kier alpha value is -0.570. The summed E-state index contributed by atoms with van der Waals surface area (Å²) in [5.74, 6) is 1.07. The molecule has 1 heterocycles. The minimum atomic E-state index is 0.132. The van der Waals surface area contributed by atoms with Crippen LogP contribution < -0.4 is 5.32 Å².